The first-order valence-corrected chi connectivity index (χ1v) is 6.74. The fourth-order valence-corrected chi connectivity index (χ4v) is 2.91. The van der Waals surface area contributed by atoms with Crippen molar-refractivity contribution in [3.8, 4) is 0 Å². The average Bonchev–Trinajstić information content (AvgIpc) is 2.70. The Kier molecular flexibility index (Phi) is 2.80. The van der Waals surface area contributed by atoms with E-state index in [0.29, 0.717) is 5.69 Å². The monoisotopic (exact) mass is 256 g/mol. The summed E-state index contributed by atoms with van der Waals surface area (Å²) in [5.41, 5.74) is -0.0882. The molecule has 0 saturated carbocycles. The molecule has 2 aromatic rings. The Morgan fingerprint density at radius 1 is 1.31 bits per heavy atom. The van der Waals surface area contributed by atoms with Crippen LogP contribution >= 0.6 is 11.3 Å². The molecule has 0 aliphatic rings. The lowest BCUT2D eigenvalue weighted by atomic mass is 10.5. The molecule has 2 rings (SSSR count). The normalized spacial score (nSPS) is 11.2. The first kappa shape index (κ1) is 10.9. The smallest absolute Gasteiger partial charge is 0.267 e. The third kappa shape index (κ3) is 2.15. The molecule has 0 spiro atoms. The number of rotatable bonds is 3. The second-order valence-corrected chi connectivity index (χ2v) is 5.42. The molecular formula is C9H8N2O3S2. The molecule has 0 radical (unpaired) electrons. The van der Waals surface area contributed by atoms with Gasteiger partial charge in [-0.2, -0.15) is 11.3 Å². The average molecular weight is 256 g/mol. The van der Waals surface area contributed by atoms with Gasteiger partial charge in [0.15, 0.2) is 4.90 Å². The van der Waals surface area contributed by atoms with E-state index < -0.39 is 15.5 Å². The van der Waals surface area contributed by atoms with Gasteiger partial charge < -0.3 is 4.98 Å². The number of pyridine rings is 1. The Balaban J connectivity index is 2.41. The molecular weight excluding hydrogens is 248 g/mol. The summed E-state index contributed by atoms with van der Waals surface area (Å²) >= 11 is 1.37. The second-order valence-electron chi connectivity index (χ2n) is 2.99. The van der Waals surface area contributed by atoms with Gasteiger partial charge in [0.2, 0.25) is 5.43 Å². The molecule has 5 nitrogen and oxygen atoms in total. The summed E-state index contributed by atoms with van der Waals surface area (Å²) in [6.07, 6.45) is 2.54. The van der Waals surface area contributed by atoms with Crippen molar-refractivity contribution in [2.24, 2.45) is 0 Å². The maximum atomic E-state index is 11.8. The Hall–Kier alpha value is -1.60. The predicted molar refractivity (Wildman–Crippen MR) is 62.2 cm³/mol. The minimum absolute atomic E-state index is 0.291. The Bertz CT molecular complexity index is 629. The number of aromatic nitrogens is 1. The van der Waals surface area contributed by atoms with Gasteiger partial charge in [0, 0.05) is 23.8 Å². The molecule has 2 heterocycles. The van der Waals surface area contributed by atoms with Gasteiger partial charge in [0.1, 0.15) is 0 Å². The predicted octanol–water partition coefficient (Wildman–Crippen LogP) is 1.24. The van der Waals surface area contributed by atoms with Crippen molar-refractivity contribution in [2.75, 3.05) is 4.72 Å². The van der Waals surface area contributed by atoms with Crippen LogP contribution in [0.3, 0.4) is 0 Å². The van der Waals surface area contributed by atoms with Crippen molar-refractivity contribution in [3.63, 3.8) is 0 Å². The van der Waals surface area contributed by atoms with Gasteiger partial charge in [-0.3, -0.25) is 9.52 Å². The molecule has 0 saturated heterocycles. The third-order valence-corrected chi connectivity index (χ3v) is 3.94. The Morgan fingerprint density at radius 2 is 2.12 bits per heavy atom. The summed E-state index contributed by atoms with van der Waals surface area (Å²) in [6.45, 7) is 0. The zero-order valence-corrected chi connectivity index (χ0v) is 9.64. The SMILES string of the molecule is O=c1cc[nH]cc1S(=O)(=O)Nc1ccsc1. The summed E-state index contributed by atoms with van der Waals surface area (Å²) in [4.78, 5) is 13.6. The molecule has 0 bridgehead atoms. The Labute approximate surface area is 95.8 Å². The maximum Gasteiger partial charge on any atom is 0.267 e. The Morgan fingerprint density at radius 3 is 2.75 bits per heavy atom. The summed E-state index contributed by atoms with van der Waals surface area (Å²) < 4.78 is 25.9. The van der Waals surface area contributed by atoms with E-state index in [1.54, 1.807) is 16.8 Å². The van der Waals surface area contributed by atoms with Crippen LogP contribution in [0.2, 0.25) is 0 Å². The highest BCUT2D eigenvalue weighted by Gasteiger charge is 2.17. The van der Waals surface area contributed by atoms with Crippen molar-refractivity contribution in [1.82, 2.24) is 4.98 Å². The van der Waals surface area contributed by atoms with Crippen LogP contribution in [-0.2, 0) is 10.0 Å². The topological polar surface area (TPSA) is 79.0 Å². The van der Waals surface area contributed by atoms with Crippen molar-refractivity contribution < 1.29 is 8.42 Å². The first-order valence-electron chi connectivity index (χ1n) is 4.32. The van der Waals surface area contributed by atoms with Crippen LogP contribution < -0.4 is 10.2 Å². The van der Waals surface area contributed by atoms with Gasteiger partial charge >= 0.3 is 0 Å². The third-order valence-electron chi connectivity index (χ3n) is 1.85. The first-order chi connectivity index (χ1) is 7.59. The highest BCUT2D eigenvalue weighted by Crippen LogP contribution is 2.15. The molecule has 0 fully saturated rings. The van der Waals surface area contributed by atoms with Crippen molar-refractivity contribution >= 4 is 27.0 Å². The highest BCUT2D eigenvalue weighted by molar-refractivity contribution is 7.92. The molecule has 0 atom stereocenters. The number of thiophene rings is 1. The maximum absolute atomic E-state index is 11.8. The highest BCUT2D eigenvalue weighted by atomic mass is 32.2. The zero-order valence-electron chi connectivity index (χ0n) is 8.01. The minimum atomic E-state index is -3.80. The van der Waals surface area contributed by atoms with Crippen LogP contribution in [0.4, 0.5) is 5.69 Å². The lowest BCUT2D eigenvalue weighted by Crippen LogP contribution is -2.20. The quantitative estimate of drug-likeness (QED) is 0.867. The number of aromatic amines is 1. The minimum Gasteiger partial charge on any atom is -0.366 e. The van der Waals surface area contributed by atoms with E-state index >= 15 is 0 Å². The molecule has 2 aromatic heterocycles. The molecule has 7 heteroatoms. The van der Waals surface area contributed by atoms with Gasteiger partial charge in [0.05, 0.1) is 5.69 Å². The number of sulfonamides is 1. The lowest BCUT2D eigenvalue weighted by Gasteiger charge is -2.04. The largest absolute Gasteiger partial charge is 0.366 e. The molecule has 0 aliphatic heterocycles. The molecule has 0 amide bonds. The van der Waals surface area contributed by atoms with E-state index in [9.17, 15) is 13.2 Å². The van der Waals surface area contributed by atoms with E-state index in [1.807, 2.05) is 0 Å². The van der Waals surface area contributed by atoms with Crippen molar-refractivity contribution in [3.05, 3.63) is 45.5 Å². The van der Waals surface area contributed by atoms with Gasteiger partial charge in [-0.15, -0.1) is 0 Å². The van der Waals surface area contributed by atoms with Crippen LogP contribution in [0.15, 0.2) is 45.0 Å². The standard InChI is InChI=1S/C9H8N2O3S2/c12-8-1-3-10-5-9(8)16(13,14)11-7-2-4-15-6-7/h1-6,11H,(H,10,12). The molecule has 2 N–H and O–H groups in total. The fraction of sp³-hybridized carbons (Fsp3) is 0. The number of nitrogens with one attached hydrogen (secondary N) is 2. The number of hydrogen-bond acceptors (Lipinski definition) is 4. The van der Waals surface area contributed by atoms with Gasteiger partial charge in [-0.25, -0.2) is 8.42 Å². The van der Waals surface area contributed by atoms with Crippen molar-refractivity contribution in [1.29, 1.82) is 0 Å². The molecule has 84 valence electrons. The summed E-state index contributed by atoms with van der Waals surface area (Å²) in [5, 5.41) is 3.39. The van der Waals surface area contributed by atoms with Gasteiger partial charge in [-0.1, -0.05) is 0 Å². The van der Waals surface area contributed by atoms with E-state index in [1.165, 1.54) is 23.6 Å². The second kappa shape index (κ2) is 4.11. The van der Waals surface area contributed by atoms with Crippen LogP contribution in [0.5, 0.6) is 0 Å². The lowest BCUT2D eigenvalue weighted by molar-refractivity contribution is 0.600. The molecule has 0 aliphatic carbocycles. The van der Waals surface area contributed by atoms with Crippen LogP contribution in [0.1, 0.15) is 0 Å². The number of anilines is 1. The van der Waals surface area contributed by atoms with E-state index in [0.717, 1.165) is 6.20 Å². The molecule has 0 unspecified atom stereocenters. The summed E-state index contributed by atoms with van der Waals surface area (Å²) in [7, 11) is -3.80. The van der Waals surface area contributed by atoms with E-state index in [2.05, 4.69) is 9.71 Å². The van der Waals surface area contributed by atoms with Gasteiger partial charge in [-0.05, 0) is 11.4 Å². The van der Waals surface area contributed by atoms with E-state index in [4.69, 9.17) is 0 Å². The molecule has 0 aromatic carbocycles. The van der Waals surface area contributed by atoms with Crippen LogP contribution in [0, 0.1) is 0 Å². The number of H-pyrrole nitrogens is 1. The van der Waals surface area contributed by atoms with Crippen molar-refractivity contribution in [2.45, 2.75) is 4.90 Å². The summed E-state index contributed by atoms with van der Waals surface area (Å²) in [5.74, 6) is 0. The van der Waals surface area contributed by atoms with E-state index in [-0.39, 0.29) is 4.90 Å². The van der Waals surface area contributed by atoms with Crippen LogP contribution in [0.25, 0.3) is 0 Å². The fourth-order valence-electron chi connectivity index (χ4n) is 1.14. The zero-order chi connectivity index (χ0) is 11.6. The molecule has 16 heavy (non-hydrogen) atoms. The summed E-state index contributed by atoms with van der Waals surface area (Å²) in [6, 6.07) is 2.79. The van der Waals surface area contributed by atoms with Gasteiger partial charge in [0.25, 0.3) is 10.0 Å². The van der Waals surface area contributed by atoms with Crippen LogP contribution in [-0.4, -0.2) is 13.4 Å². The number of hydrogen-bond donors (Lipinski definition) is 2.